The molecule has 3 rings (SSSR count). The Labute approximate surface area is 149 Å². The van der Waals surface area contributed by atoms with E-state index >= 15 is 0 Å². The molecule has 1 aliphatic carbocycles. The molecule has 0 saturated heterocycles. The van der Waals surface area contributed by atoms with Gasteiger partial charge in [-0.15, -0.1) is 0 Å². The van der Waals surface area contributed by atoms with Crippen LogP contribution in [0.3, 0.4) is 0 Å². The van der Waals surface area contributed by atoms with E-state index in [1.807, 2.05) is 18.2 Å². The Balaban J connectivity index is 1.98. The van der Waals surface area contributed by atoms with Crippen LogP contribution in [-0.4, -0.2) is 42.7 Å². The molecule has 2 unspecified atom stereocenters. The van der Waals surface area contributed by atoms with Gasteiger partial charge >= 0.3 is 5.97 Å². The smallest absolute Gasteiger partial charge is 0.307 e. The quantitative estimate of drug-likeness (QED) is 0.892. The number of carbonyl (C=O) groups is 1. The van der Waals surface area contributed by atoms with Crippen molar-refractivity contribution in [1.82, 2.24) is 4.90 Å². The van der Waals surface area contributed by atoms with Gasteiger partial charge in [0.1, 0.15) is 0 Å². The summed E-state index contributed by atoms with van der Waals surface area (Å²) in [4.78, 5) is 13.3. The molecule has 132 valence electrons. The van der Waals surface area contributed by atoms with E-state index in [1.54, 1.807) is 0 Å². The van der Waals surface area contributed by atoms with Gasteiger partial charge in [-0.25, -0.2) is 0 Å². The fraction of sp³-hybridized carbons (Fsp3) is 0.381. The lowest BCUT2D eigenvalue weighted by atomic mass is 9.82. The van der Waals surface area contributed by atoms with Crippen LogP contribution in [0.4, 0.5) is 0 Å². The lowest BCUT2D eigenvalue weighted by molar-refractivity contribution is -0.136. The minimum absolute atomic E-state index is 0.0458. The maximum absolute atomic E-state index is 11.1. The van der Waals surface area contributed by atoms with Gasteiger partial charge in [0.15, 0.2) is 0 Å². The van der Waals surface area contributed by atoms with E-state index in [2.05, 4.69) is 49.3 Å². The molecule has 0 saturated carbocycles. The second kappa shape index (κ2) is 7.81. The number of ether oxygens (including phenoxy) is 1. The summed E-state index contributed by atoms with van der Waals surface area (Å²) in [6.07, 6.45) is 9.22. The van der Waals surface area contributed by atoms with Crippen molar-refractivity contribution < 1.29 is 14.6 Å². The minimum atomic E-state index is -0.803. The van der Waals surface area contributed by atoms with E-state index in [4.69, 9.17) is 9.84 Å². The van der Waals surface area contributed by atoms with E-state index < -0.39 is 5.97 Å². The molecule has 2 aliphatic rings. The monoisotopic (exact) mass is 339 g/mol. The number of fused-ring (bicyclic) bond motifs is 2. The van der Waals surface area contributed by atoms with Gasteiger partial charge in [0, 0.05) is 12.5 Å². The number of carboxylic acids is 1. The summed E-state index contributed by atoms with van der Waals surface area (Å²) in [7, 11) is 4.14. The molecule has 0 amide bonds. The number of allylic oxidation sites excluding steroid dienone is 1. The van der Waals surface area contributed by atoms with Gasteiger partial charge in [0.05, 0.1) is 19.1 Å². The first-order valence-corrected chi connectivity index (χ1v) is 8.70. The number of aliphatic carboxylic acids is 1. The Morgan fingerprint density at radius 3 is 2.92 bits per heavy atom. The fourth-order valence-electron chi connectivity index (χ4n) is 3.46. The molecule has 4 heteroatoms. The summed E-state index contributed by atoms with van der Waals surface area (Å²) in [6.45, 7) is 1.56. The normalized spacial score (nSPS) is 23.8. The Morgan fingerprint density at radius 1 is 1.36 bits per heavy atom. The SMILES string of the molecule is CN(C)CCC=C1c2ccccc2COC2C=CC(CC(=O)O)=CC12. The summed E-state index contributed by atoms with van der Waals surface area (Å²) in [5, 5.41) is 9.12. The zero-order valence-corrected chi connectivity index (χ0v) is 14.8. The van der Waals surface area contributed by atoms with Crippen LogP contribution in [0.1, 0.15) is 24.0 Å². The predicted molar refractivity (Wildman–Crippen MR) is 99.1 cm³/mol. The van der Waals surface area contributed by atoms with Gasteiger partial charge < -0.3 is 14.7 Å². The molecule has 2 atom stereocenters. The van der Waals surface area contributed by atoms with Crippen LogP contribution < -0.4 is 0 Å². The molecular formula is C21H25NO3. The van der Waals surface area contributed by atoms with E-state index in [1.165, 1.54) is 16.7 Å². The third-order valence-corrected chi connectivity index (χ3v) is 4.66. The van der Waals surface area contributed by atoms with Crippen molar-refractivity contribution in [2.75, 3.05) is 20.6 Å². The highest BCUT2D eigenvalue weighted by Gasteiger charge is 2.30. The summed E-state index contributed by atoms with van der Waals surface area (Å²) in [5.74, 6) is -0.743. The molecule has 4 nitrogen and oxygen atoms in total. The van der Waals surface area contributed by atoms with Crippen LogP contribution in [0, 0.1) is 5.92 Å². The van der Waals surface area contributed by atoms with Crippen LogP contribution in [0.15, 0.2) is 54.1 Å². The maximum Gasteiger partial charge on any atom is 0.307 e. The predicted octanol–water partition coefficient (Wildman–Crippen LogP) is 3.51. The average Bonchev–Trinajstić information content (AvgIpc) is 2.72. The Bertz CT molecular complexity index is 730. The van der Waals surface area contributed by atoms with Gasteiger partial charge in [-0.3, -0.25) is 4.79 Å². The Kier molecular flexibility index (Phi) is 5.51. The summed E-state index contributed by atoms with van der Waals surface area (Å²) in [6, 6.07) is 8.35. The van der Waals surface area contributed by atoms with Crippen molar-refractivity contribution in [3.8, 4) is 0 Å². The topological polar surface area (TPSA) is 49.8 Å². The number of hydrogen-bond acceptors (Lipinski definition) is 3. The van der Waals surface area contributed by atoms with Crippen molar-refractivity contribution in [1.29, 1.82) is 0 Å². The first-order valence-electron chi connectivity index (χ1n) is 8.70. The molecule has 1 N–H and O–H groups in total. The highest BCUT2D eigenvalue weighted by molar-refractivity contribution is 5.75. The zero-order chi connectivity index (χ0) is 17.8. The second-order valence-electron chi connectivity index (χ2n) is 6.88. The molecule has 0 aromatic heterocycles. The first-order chi connectivity index (χ1) is 12.0. The van der Waals surface area contributed by atoms with Crippen LogP contribution in [0.5, 0.6) is 0 Å². The molecule has 1 aromatic rings. The largest absolute Gasteiger partial charge is 0.481 e. The molecule has 1 aliphatic heterocycles. The average molecular weight is 339 g/mol. The number of benzene rings is 1. The van der Waals surface area contributed by atoms with Gasteiger partial charge in [-0.1, -0.05) is 48.6 Å². The molecule has 0 fully saturated rings. The third kappa shape index (κ3) is 4.27. The van der Waals surface area contributed by atoms with Crippen molar-refractivity contribution in [2.24, 2.45) is 5.92 Å². The van der Waals surface area contributed by atoms with Crippen molar-refractivity contribution >= 4 is 11.5 Å². The molecule has 25 heavy (non-hydrogen) atoms. The summed E-state index contributed by atoms with van der Waals surface area (Å²) in [5.41, 5.74) is 4.49. The van der Waals surface area contributed by atoms with Gasteiger partial charge in [0.25, 0.3) is 0 Å². The highest BCUT2D eigenvalue weighted by Crippen LogP contribution is 2.38. The number of hydrogen-bond donors (Lipinski definition) is 1. The molecule has 0 spiro atoms. The number of rotatable bonds is 5. The number of carboxylic acid groups (broad SMARTS) is 1. The van der Waals surface area contributed by atoms with Gasteiger partial charge in [-0.2, -0.15) is 0 Å². The van der Waals surface area contributed by atoms with Gasteiger partial charge in [-0.05, 0) is 42.8 Å². The van der Waals surface area contributed by atoms with E-state index in [-0.39, 0.29) is 18.4 Å². The Morgan fingerprint density at radius 2 is 2.16 bits per heavy atom. The van der Waals surface area contributed by atoms with Crippen LogP contribution >= 0.6 is 0 Å². The number of nitrogens with zero attached hydrogens (tertiary/aromatic N) is 1. The van der Waals surface area contributed by atoms with Crippen LogP contribution in [0.2, 0.25) is 0 Å². The lowest BCUT2D eigenvalue weighted by Gasteiger charge is -2.26. The van der Waals surface area contributed by atoms with Crippen molar-refractivity contribution in [2.45, 2.75) is 25.6 Å². The van der Waals surface area contributed by atoms with Crippen LogP contribution in [-0.2, 0) is 16.1 Å². The van der Waals surface area contributed by atoms with Crippen molar-refractivity contribution in [3.63, 3.8) is 0 Å². The third-order valence-electron chi connectivity index (χ3n) is 4.66. The molecule has 1 heterocycles. The summed E-state index contributed by atoms with van der Waals surface area (Å²) < 4.78 is 6.11. The van der Waals surface area contributed by atoms with E-state index in [9.17, 15) is 4.79 Å². The maximum atomic E-state index is 11.1. The second-order valence-corrected chi connectivity index (χ2v) is 6.88. The van der Waals surface area contributed by atoms with Crippen molar-refractivity contribution in [3.05, 3.63) is 65.3 Å². The Hall–Kier alpha value is -2.17. The van der Waals surface area contributed by atoms with E-state index in [0.29, 0.717) is 6.61 Å². The minimum Gasteiger partial charge on any atom is -0.481 e. The lowest BCUT2D eigenvalue weighted by Crippen LogP contribution is -2.23. The van der Waals surface area contributed by atoms with Gasteiger partial charge in [0.2, 0.25) is 0 Å². The fourth-order valence-corrected chi connectivity index (χ4v) is 3.46. The standard InChI is InChI=1S/C21H25NO3/c1-22(2)11-5-8-18-17-7-4-3-6-16(17)14-25-20-10-9-15(12-19(18)20)13-21(23)24/h3-4,6-10,12,19-20H,5,11,13-14H2,1-2H3,(H,23,24). The highest BCUT2D eigenvalue weighted by atomic mass is 16.5. The summed E-state index contributed by atoms with van der Waals surface area (Å²) >= 11 is 0. The molecular weight excluding hydrogens is 314 g/mol. The molecule has 1 aromatic carbocycles. The first kappa shape index (κ1) is 17.6. The molecule has 0 bridgehead atoms. The van der Waals surface area contributed by atoms with E-state index in [0.717, 1.165) is 18.5 Å². The zero-order valence-electron chi connectivity index (χ0n) is 14.8. The van der Waals surface area contributed by atoms with Crippen LogP contribution in [0.25, 0.3) is 5.57 Å². The molecule has 0 radical (unpaired) electrons.